The molecule has 124 valence electrons. The Hall–Kier alpha value is -2.95. The number of methoxy groups -OCH3 is 1. The Morgan fingerprint density at radius 1 is 1.21 bits per heavy atom. The number of nitrogens with one attached hydrogen (secondary N) is 1. The summed E-state index contributed by atoms with van der Waals surface area (Å²) in [6.07, 6.45) is 1.85. The van der Waals surface area contributed by atoms with Gasteiger partial charge >= 0.3 is 5.97 Å². The zero-order chi connectivity index (χ0) is 17.1. The smallest absolute Gasteiger partial charge is 0.317 e. The Balaban J connectivity index is 2.14. The molecule has 5 heteroatoms. The number of anilines is 1. The van der Waals surface area contributed by atoms with Crippen molar-refractivity contribution in [1.29, 1.82) is 0 Å². The predicted octanol–water partition coefficient (Wildman–Crippen LogP) is 3.45. The highest BCUT2D eigenvalue weighted by molar-refractivity contribution is 5.92. The highest BCUT2D eigenvalue weighted by Crippen LogP contribution is 2.34. The third-order valence-corrected chi connectivity index (χ3v) is 4.02. The summed E-state index contributed by atoms with van der Waals surface area (Å²) >= 11 is 0. The van der Waals surface area contributed by atoms with Crippen LogP contribution in [0, 0.1) is 0 Å². The van der Waals surface area contributed by atoms with Gasteiger partial charge in [-0.3, -0.25) is 4.79 Å². The minimum Gasteiger partial charge on any atom is -0.497 e. The zero-order valence-electron chi connectivity index (χ0n) is 13.7. The van der Waals surface area contributed by atoms with Gasteiger partial charge in [-0.05, 0) is 48.4 Å². The first kappa shape index (κ1) is 15.9. The fourth-order valence-corrected chi connectivity index (χ4v) is 2.84. The maximum absolute atomic E-state index is 12.6. The first-order chi connectivity index (χ1) is 11.6. The number of aromatic amines is 1. The summed E-state index contributed by atoms with van der Waals surface area (Å²) in [4.78, 5) is 15.8. The van der Waals surface area contributed by atoms with E-state index in [2.05, 4.69) is 4.98 Å². The quantitative estimate of drug-likeness (QED) is 0.556. The molecule has 1 aromatic heterocycles. The Morgan fingerprint density at radius 3 is 2.62 bits per heavy atom. The first-order valence-electron chi connectivity index (χ1n) is 7.81. The molecule has 24 heavy (non-hydrogen) atoms. The van der Waals surface area contributed by atoms with E-state index in [1.807, 2.05) is 36.5 Å². The maximum atomic E-state index is 12.6. The number of esters is 1. The number of hydrogen-bond acceptors (Lipinski definition) is 4. The lowest BCUT2D eigenvalue weighted by Crippen LogP contribution is -2.17. The number of H-pyrrole nitrogens is 1. The van der Waals surface area contributed by atoms with E-state index in [1.165, 1.54) is 0 Å². The van der Waals surface area contributed by atoms with E-state index in [0.717, 1.165) is 27.8 Å². The molecule has 0 radical (unpaired) electrons. The van der Waals surface area contributed by atoms with E-state index in [0.29, 0.717) is 12.3 Å². The van der Waals surface area contributed by atoms with Crippen LogP contribution in [0.4, 0.5) is 5.69 Å². The summed E-state index contributed by atoms with van der Waals surface area (Å²) in [5.74, 6) is -0.0688. The molecule has 3 N–H and O–H groups in total. The molecule has 0 amide bonds. The number of benzene rings is 2. The number of fused-ring (bicyclic) bond motifs is 1. The molecule has 0 aliphatic heterocycles. The summed E-state index contributed by atoms with van der Waals surface area (Å²) in [5, 5.41) is 0.934. The Labute approximate surface area is 140 Å². The highest BCUT2D eigenvalue weighted by Gasteiger charge is 2.27. The molecule has 0 spiro atoms. The summed E-state index contributed by atoms with van der Waals surface area (Å²) in [5.41, 5.74) is 9.06. The van der Waals surface area contributed by atoms with Gasteiger partial charge in [0.1, 0.15) is 11.7 Å². The molecule has 5 nitrogen and oxygen atoms in total. The second-order valence-electron chi connectivity index (χ2n) is 5.51. The van der Waals surface area contributed by atoms with Gasteiger partial charge in [-0.15, -0.1) is 0 Å². The molecule has 0 saturated carbocycles. The summed E-state index contributed by atoms with van der Waals surface area (Å²) < 4.78 is 10.6. The predicted molar refractivity (Wildman–Crippen MR) is 94.2 cm³/mol. The van der Waals surface area contributed by atoms with Gasteiger partial charge in [0.15, 0.2) is 0 Å². The fourth-order valence-electron chi connectivity index (χ4n) is 2.84. The number of carbonyl (C=O) groups excluding carboxylic acids is 1. The van der Waals surface area contributed by atoms with Crippen LogP contribution >= 0.6 is 0 Å². The van der Waals surface area contributed by atoms with Crippen LogP contribution in [0.3, 0.4) is 0 Å². The molecule has 0 fully saturated rings. The van der Waals surface area contributed by atoms with Crippen molar-refractivity contribution in [3.05, 3.63) is 59.8 Å². The van der Waals surface area contributed by atoms with Crippen LogP contribution in [-0.2, 0) is 9.53 Å². The van der Waals surface area contributed by atoms with Crippen molar-refractivity contribution < 1.29 is 14.3 Å². The van der Waals surface area contributed by atoms with E-state index in [4.69, 9.17) is 15.2 Å². The number of hydrogen-bond donors (Lipinski definition) is 2. The van der Waals surface area contributed by atoms with Gasteiger partial charge in [0.25, 0.3) is 0 Å². The maximum Gasteiger partial charge on any atom is 0.317 e. The number of rotatable bonds is 5. The third kappa shape index (κ3) is 2.93. The number of nitrogens with two attached hydrogens (primary N) is 1. The normalized spacial score (nSPS) is 12.1. The van der Waals surface area contributed by atoms with Gasteiger partial charge in [0.2, 0.25) is 0 Å². The van der Waals surface area contributed by atoms with Crippen LogP contribution in [0.2, 0.25) is 0 Å². The largest absolute Gasteiger partial charge is 0.497 e. The van der Waals surface area contributed by atoms with Crippen LogP contribution in [0.15, 0.2) is 48.7 Å². The van der Waals surface area contributed by atoms with Gasteiger partial charge < -0.3 is 20.2 Å². The second kappa shape index (κ2) is 6.66. The van der Waals surface area contributed by atoms with Crippen molar-refractivity contribution in [2.45, 2.75) is 12.8 Å². The van der Waals surface area contributed by atoms with Gasteiger partial charge in [-0.2, -0.15) is 0 Å². The number of carbonyl (C=O) groups is 1. The first-order valence-corrected chi connectivity index (χ1v) is 7.81. The number of aromatic nitrogens is 1. The molecule has 2 aromatic carbocycles. The van der Waals surface area contributed by atoms with Crippen molar-refractivity contribution in [2.24, 2.45) is 0 Å². The molecular formula is C19H20N2O3. The number of nitrogen functional groups attached to an aromatic ring is 1. The van der Waals surface area contributed by atoms with Crippen LogP contribution in [0.25, 0.3) is 10.9 Å². The van der Waals surface area contributed by atoms with E-state index in [1.54, 1.807) is 26.2 Å². The Morgan fingerprint density at radius 2 is 1.96 bits per heavy atom. The van der Waals surface area contributed by atoms with Crippen LogP contribution in [-0.4, -0.2) is 24.7 Å². The van der Waals surface area contributed by atoms with Gasteiger partial charge in [-0.25, -0.2) is 0 Å². The lowest BCUT2D eigenvalue weighted by Gasteiger charge is -2.16. The standard InChI is InChI=1S/C19H20N2O3/c1-3-24-19(22)18(12-4-6-13(20)7-5-12)16-11-21-17-9-8-14(23-2)10-15(16)17/h4-11,18,21H,3,20H2,1-2H3. The van der Waals surface area contributed by atoms with Gasteiger partial charge in [0.05, 0.1) is 13.7 Å². The Bertz CT molecular complexity index is 853. The number of ether oxygens (including phenoxy) is 2. The second-order valence-corrected chi connectivity index (χ2v) is 5.51. The fraction of sp³-hybridized carbons (Fsp3) is 0.211. The molecule has 3 aromatic rings. The van der Waals surface area contributed by atoms with Crippen molar-refractivity contribution >= 4 is 22.6 Å². The molecule has 0 saturated heterocycles. The molecule has 0 aliphatic rings. The van der Waals surface area contributed by atoms with Crippen molar-refractivity contribution in [1.82, 2.24) is 4.98 Å². The highest BCUT2D eigenvalue weighted by atomic mass is 16.5. The topological polar surface area (TPSA) is 77.3 Å². The van der Waals surface area contributed by atoms with Crippen molar-refractivity contribution in [3.63, 3.8) is 0 Å². The average Bonchev–Trinajstić information content (AvgIpc) is 3.00. The van der Waals surface area contributed by atoms with E-state index in [-0.39, 0.29) is 5.97 Å². The van der Waals surface area contributed by atoms with Gasteiger partial charge in [-0.1, -0.05) is 12.1 Å². The lowest BCUT2D eigenvalue weighted by molar-refractivity contribution is -0.143. The van der Waals surface area contributed by atoms with Crippen molar-refractivity contribution in [3.8, 4) is 5.75 Å². The van der Waals surface area contributed by atoms with Crippen LogP contribution in [0.5, 0.6) is 5.75 Å². The third-order valence-electron chi connectivity index (χ3n) is 4.02. The Kier molecular flexibility index (Phi) is 4.42. The summed E-state index contributed by atoms with van der Waals surface area (Å²) in [7, 11) is 1.62. The lowest BCUT2D eigenvalue weighted by atomic mass is 9.91. The molecule has 1 unspecified atom stereocenters. The summed E-state index contributed by atoms with van der Waals surface area (Å²) in [6.45, 7) is 2.13. The molecule has 1 atom stereocenters. The van der Waals surface area contributed by atoms with Crippen molar-refractivity contribution in [2.75, 3.05) is 19.5 Å². The molecule has 3 rings (SSSR count). The monoisotopic (exact) mass is 324 g/mol. The minimum absolute atomic E-state index is 0.286. The minimum atomic E-state index is -0.522. The summed E-state index contributed by atoms with van der Waals surface area (Å²) in [6, 6.07) is 13.0. The molecular weight excluding hydrogens is 304 g/mol. The molecule has 0 aliphatic carbocycles. The SMILES string of the molecule is CCOC(=O)C(c1ccc(N)cc1)c1c[nH]c2ccc(OC)cc12. The van der Waals surface area contributed by atoms with E-state index < -0.39 is 5.92 Å². The van der Waals surface area contributed by atoms with Crippen LogP contribution in [0.1, 0.15) is 24.0 Å². The zero-order valence-corrected chi connectivity index (χ0v) is 13.7. The molecule has 1 heterocycles. The average molecular weight is 324 g/mol. The van der Waals surface area contributed by atoms with E-state index >= 15 is 0 Å². The molecule has 0 bridgehead atoms. The van der Waals surface area contributed by atoms with Gasteiger partial charge in [0, 0.05) is 22.8 Å². The van der Waals surface area contributed by atoms with E-state index in [9.17, 15) is 4.79 Å². The van der Waals surface area contributed by atoms with Crippen LogP contribution < -0.4 is 10.5 Å².